The van der Waals surface area contributed by atoms with Crippen molar-refractivity contribution in [3.8, 4) is 11.5 Å². The molecule has 0 aliphatic heterocycles. The molecule has 2 aromatic carbocycles. The van der Waals surface area contributed by atoms with Crippen LogP contribution in [0.25, 0.3) is 0 Å². The van der Waals surface area contributed by atoms with E-state index in [9.17, 15) is 4.79 Å². The van der Waals surface area contributed by atoms with Crippen LogP contribution in [-0.4, -0.2) is 25.3 Å². The summed E-state index contributed by atoms with van der Waals surface area (Å²) < 4.78 is 11.5. The molecule has 0 bridgehead atoms. The fourth-order valence-electron chi connectivity index (χ4n) is 2.30. The van der Waals surface area contributed by atoms with Crippen molar-refractivity contribution in [3.05, 3.63) is 58.1 Å². The molecular formula is C21H25BrN2O3. The molecule has 0 aromatic heterocycles. The lowest BCUT2D eigenvalue weighted by atomic mass is 9.87. The molecule has 6 heteroatoms. The van der Waals surface area contributed by atoms with E-state index in [2.05, 4.69) is 47.2 Å². The summed E-state index contributed by atoms with van der Waals surface area (Å²) in [6.45, 7) is 8.14. The second-order valence-corrected chi connectivity index (χ2v) is 8.00. The van der Waals surface area contributed by atoms with Crippen LogP contribution in [0, 0.1) is 0 Å². The number of nitrogens with one attached hydrogen (secondary N) is 1. The lowest BCUT2D eigenvalue weighted by Gasteiger charge is -2.20. The fourth-order valence-corrected chi connectivity index (χ4v) is 2.80. The van der Waals surface area contributed by atoms with Gasteiger partial charge in [-0.25, -0.2) is 5.43 Å². The zero-order valence-electron chi connectivity index (χ0n) is 16.3. The molecule has 5 nitrogen and oxygen atoms in total. The van der Waals surface area contributed by atoms with Crippen LogP contribution in [-0.2, 0) is 10.2 Å². The second-order valence-electron chi connectivity index (χ2n) is 7.14. The van der Waals surface area contributed by atoms with Crippen molar-refractivity contribution in [2.45, 2.75) is 33.1 Å². The number of ether oxygens (including phenoxy) is 2. The zero-order chi connectivity index (χ0) is 20.0. The van der Waals surface area contributed by atoms with E-state index in [0.717, 1.165) is 15.8 Å². The van der Waals surface area contributed by atoms with E-state index >= 15 is 0 Å². The van der Waals surface area contributed by atoms with Gasteiger partial charge in [0.05, 0.1) is 17.3 Å². The largest absolute Gasteiger partial charge is 0.497 e. The van der Waals surface area contributed by atoms with Gasteiger partial charge in [0, 0.05) is 0 Å². The summed E-state index contributed by atoms with van der Waals surface area (Å²) in [4.78, 5) is 12.0. The first kappa shape index (κ1) is 21.0. The number of methoxy groups -OCH3 is 1. The molecule has 0 spiro atoms. The van der Waals surface area contributed by atoms with E-state index in [0.29, 0.717) is 11.5 Å². The van der Waals surface area contributed by atoms with Gasteiger partial charge in [0.15, 0.2) is 6.61 Å². The van der Waals surface area contributed by atoms with E-state index in [-0.39, 0.29) is 17.9 Å². The number of hydrogen-bond donors (Lipinski definition) is 1. The minimum Gasteiger partial charge on any atom is -0.497 e. The highest BCUT2D eigenvalue weighted by Gasteiger charge is 2.15. The summed E-state index contributed by atoms with van der Waals surface area (Å²) in [6, 6.07) is 13.3. The lowest BCUT2D eigenvalue weighted by molar-refractivity contribution is -0.123. The molecule has 0 saturated heterocycles. The van der Waals surface area contributed by atoms with E-state index < -0.39 is 0 Å². The van der Waals surface area contributed by atoms with Gasteiger partial charge < -0.3 is 9.47 Å². The molecule has 0 fully saturated rings. The number of amides is 1. The molecule has 2 aromatic rings. The van der Waals surface area contributed by atoms with Crippen LogP contribution in [0.2, 0.25) is 0 Å². The Labute approximate surface area is 168 Å². The van der Waals surface area contributed by atoms with Gasteiger partial charge >= 0.3 is 0 Å². The third-order valence-electron chi connectivity index (χ3n) is 4.01. The summed E-state index contributed by atoms with van der Waals surface area (Å²) >= 11 is 3.50. The smallest absolute Gasteiger partial charge is 0.277 e. The van der Waals surface area contributed by atoms with Gasteiger partial charge in [-0.2, -0.15) is 5.10 Å². The van der Waals surface area contributed by atoms with Gasteiger partial charge in [0.2, 0.25) is 0 Å². The van der Waals surface area contributed by atoms with E-state index in [1.165, 1.54) is 5.56 Å². The van der Waals surface area contributed by atoms with Crippen molar-refractivity contribution >= 4 is 27.5 Å². The van der Waals surface area contributed by atoms with Gasteiger partial charge in [0.1, 0.15) is 11.5 Å². The molecule has 144 valence electrons. The highest BCUT2D eigenvalue weighted by atomic mass is 79.9. The Morgan fingerprint density at radius 3 is 2.37 bits per heavy atom. The molecule has 0 atom stereocenters. The number of hydrogen-bond acceptors (Lipinski definition) is 4. The van der Waals surface area contributed by atoms with Crippen LogP contribution in [0.15, 0.2) is 52.0 Å². The summed E-state index contributed by atoms with van der Waals surface area (Å²) in [5.74, 6) is 1.07. The third-order valence-corrected chi connectivity index (χ3v) is 4.63. The number of hydrazone groups is 1. The lowest BCUT2D eigenvalue weighted by Crippen LogP contribution is -2.25. The van der Waals surface area contributed by atoms with E-state index in [4.69, 9.17) is 9.47 Å². The Morgan fingerprint density at radius 2 is 1.81 bits per heavy atom. The summed E-state index contributed by atoms with van der Waals surface area (Å²) in [5, 5.41) is 4.12. The van der Waals surface area contributed by atoms with Crippen molar-refractivity contribution in [1.29, 1.82) is 0 Å². The normalized spacial score (nSPS) is 11.9. The topological polar surface area (TPSA) is 59.9 Å². The quantitative estimate of drug-likeness (QED) is 0.532. The number of benzene rings is 2. The predicted octanol–water partition coefficient (Wildman–Crippen LogP) is 4.67. The Kier molecular flexibility index (Phi) is 7.02. The summed E-state index contributed by atoms with van der Waals surface area (Å²) in [5.41, 5.74) is 5.34. The Balaban J connectivity index is 1.92. The van der Waals surface area contributed by atoms with Gasteiger partial charge in [0.25, 0.3) is 5.91 Å². The summed E-state index contributed by atoms with van der Waals surface area (Å²) in [7, 11) is 1.62. The number of nitrogens with zero attached hydrogens (tertiary/aromatic N) is 1. The number of carbonyl (C=O) groups excluding carboxylic acids is 1. The van der Waals surface area contributed by atoms with E-state index in [1.807, 2.05) is 49.4 Å². The first-order valence-corrected chi connectivity index (χ1v) is 9.40. The molecule has 27 heavy (non-hydrogen) atoms. The Morgan fingerprint density at radius 1 is 1.15 bits per heavy atom. The summed E-state index contributed by atoms with van der Waals surface area (Å²) in [6.07, 6.45) is 0. The highest BCUT2D eigenvalue weighted by molar-refractivity contribution is 9.10. The first-order chi connectivity index (χ1) is 12.7. The van der Waals surface area contributed by atoms with Crippen molar-refractivity contribution in [1.82, 2.24) is 5.43 Å². The molecule has 2 rings (SSSR count). The maximum Gasteiger partial charge on any atom is 0.277 e. The average molecular weight is 433 g/mol. The molecular weight excluding hydrogens is 408 g/mol. The van der Waals surface area contributed by atoms with Crippen molar-refractivity contribution in [2.75, 3.05) is 13.7 Å². The minimum absolute atomic E-state index is 0.0477. The molecule has 0 radical (unpaired) electrons. The predicted molar refractivity (Wildman–Crippen MR) is 112 cm³/mol. The number of halogens is 1. The Hall–Kier alpha value is -2.34. The molecule has 1 N–H and O–H groups in total. The number of rotatable bonds is 6. The van der Waals surface area contributed by atoms with Crippen LogP contribution in [0.3, 0.4) is 0 Å². The molecule has 1 amide bonds. The fraction of sp³-hybridized carbons (Fsp3) is 0.333. The van der Waals surface area contributed by atoms with Gasteiger partial charge in [-0.1, -0.05) is 26.8 Å². The molecule has 0 aliphatic rings. The van der Waals surface area contributed by atoms with Gasteiger partial charge in [-0.3, -0.25) is 4.79 Å². The number of carbonyl (C=O) groups is 1. The highest BCUT2D eigenvalue weighted by Crippen LogP contribution is 2.31. The van der Waals surface area contributed by atoms with Crippen LogP contribution >= 0.6 is 15.9 Å². The van der Waals surface area contributed by atoms with Gasteiger partial charge in [-0.05, 0) is 75.8 Å². The van der Waals surface area contributed by atoms with Crippen LogP contribution < -0.4 is 14.9 Å². The average Bonchev–Trinajstić information content (AvgIpc) is 2.64. The van der Waals surface area contributed by atoms with Crippen molar-refractivity contribution in [3.63, 3.8) is 0 Å². The zero-order valence-corrected chi connectivity index (χ0v) is 17.9. The van der Waals surface area contributed by atoms with Crippen LogP contribution in [0.1, 0.15) is 38.8 Å². The molecule has 0 aliphatic carbocycles. The minimum atomic E-state index is -0.324. The third kappa shape index (κ3) is 6.10. The first-order valence-electron chi connectivity index (χ1n) is 8.61. The molecule has 0 saturated carbocycles. The standard InChI is InChI=1S/C21H25BrN2O3/c1-14(15-6-9-17(26-5)10-7-15)23-24-20(25)13-27-19-11-8-16(12-18(19)22)21(2,3)4/h6-12H,13H2,1-5H3,(H,24,25). The Bertz CT molecular complexity index is 824. The van der Waals surface area contributed by atoms with Crippen LogP contribution in [0.4, 0.5) is 0 Å². The van der Waals surface area contributed by atoms with Crippen molar-refractivity contribution in [2.24, 2.45) is 5.10 Å². The van der Waals surface area contributed by atoms with Gasteiger partial charge in [-0.15, -0.1) is 0 Å². The maximum absolute atomic E-state index is 12.0. The maximum atomic E-state index is 12.0. The monoisotopic (exact) mass is 432 g/mol. The van der Waals surface area contributed by atoms with Crippen LogP contribution in [0.5, 0.6) is 11.5 Å². The van der Waals surface area contributed by atoms with E-state index in [1.54, 1.807) is 7.11 Å². The van der Waals surface area contributed by atoms with Crippen molar-refractivity contribution < 1.29 is 14.3 Å². The molecule has 0 unspecified atom stereocenters. The second kappa shape index (κ2) is 9.04. The SMILES string of the molecule is COc1ccc(C(C)=NNC(=O)COc2ccc(C(C)(C)C)cc2Br)cc1. The molecule has 0 heterocycles.